The van der Waals surface area contributed by atoms with E-state index in [1.54, 1.807) is 20.8 Å². The SMILES string of the molecule is CC(C)(C)OC(=O)NCC(=O)O[C@@H](CCc1ccc(C(C)(C)C)c(NC(=O)CC2c3ccccc3Oc3ccccc32)c1)CC1CCCCC1. The maximum Gasteiger partial charge on any atom is 0.408 e. The van der Waals surface area contributed by atoms with Gasteiger partial charge in [-0.25, -0.2) is 4.79 Å². The third-order valence-corrected chi connectivity index (χ3v) is 9.51. The molecule has 5 rings (SSSR count). The molecule has 3 aromatic rings. The number of rotatable bonds is 11. The van der Waals surface area contributed by atoms with Crippen LogP contribution in [0.4, 0.5) is 10.5 Å². The number of carbonyl (C=O) groups excluding carboxylic acids is 3. The highest BCUT2D eigenvalue weighted by molar-refractivity contribution is 5.93. The molecular formula is C42H54N2O6. The van der Waals surface area contributed by atoms with Crippen molar-refractivity contribution < 1.29 is 28.6 Å². The number of carbonyl (C=O) groups is 3. The smallest absolute Gasteiger partial charge is 0.408 e. The Morgan fingerprint density at radius 2 is 1.50 bits per heavy atom. The van der Waals surface area contributed by atoms with Crippen molar-refractivity contribution in [2.45, 2.75) is 122 Å². The fourth-order valence-electron chi connectivity index (χ4n) is 7.15. The van der Waals surface area contributed by atoms with Crippen LogP contribution in [0.25, 0.3) is 0 Å². The lowest BCUT2D eigenvalue weighted by Gasteiger charge is -2.29. The first kappa shape index (κ1) is 36.9. The van der Waals surface area contributed by atoms with Crippen molar-refractivity contribution in [2.24, 2.45) is 5.92 Å². The predicted molar refractivity (Wildman–Crippen MR) is 197 cm³/mol. The standard InChI is InChI=1S/C42H54N2O6/c1-41(2,3)34-23-21-29(20-22-30(24-28-14-8-7-9-15-28)48-39(46)27-43-40(47)50-42(4,5)6)25-35(34)44-38(45)26-33-31-16-10-12-18-36(31)49-37-19-13-11-17-32(33)37/h10-13,16-19,21,23,25,28,30,33H,7-9,14-15,20,22,24,26-27H2,1-6H3,(H,43,47)(H,44,45)/t30-/m0/s1. The van der Waals surface area contributed by atoms with Crippen molar-refractivity contribution in [3.63, 3.8) is 0 Å². The van der Waals surface area contributed by atoms with E-state index >= 15 is 0 Å². The Balaban J connectivity index is 1.29. The van der Waals surface area contributed by atoms with Crippen LogP contribution in [0.3, 0.4) is 0 Å². The zero-order chi connectivity index (χ0) is 35.9. The monoisotopic (exact) mass is 682 g/mol. The van der Waals surface area contributed by atoms with Crippen LogP contribution in [0.2, 0.25) is 0 Å². The van der Waals surface area contributed by atoms with Crippen molar-refractivity contribution in [1.82, 2.24) is 5.32 Å². The van der Waals surface area contributed by atoms with E-state index < -0.39 is 17.7 Å². The molecule has 2 N–H and O–H groups in total. The molecule has 3 aromatic carbocycles. The first-order chi connectivity index (χ1) is 23.7. The summed E-state index contributed by atoms with van der Waals surface area (Å²) < 4.78 is 17.4. The van der Waals surface area contributed by atoms with Crippen molar-refractivity contribution in [2.75, 3.05) is 11.9 Å². The van der Waals surface area contributed by atoms with E-state index in [0.717, 1.165) is 58.7 Å². The minimum atomic E-state index is -0.653. The molecular weight excluding hydrogens is 628 g/mol. The highest BCUT2D eigenvalue weighted by Gasteiger charge is 2.30. The minimum Gasteiger partial charge on any atom is -0.461 e. The molecule has 1 atom stereocenters. The molecule has 1 aliphatic carbocycles. The molecule has 268 valence electrons. The van der Waals surface area contributed by atoms with Gasteiger partial charge in [0, 0.05) is 29.2 Å². The maximum absolute atomic E-state index is 13.8. The second kappa shape index (κ2) is 16.1. The van der Waals surface area contributed by atoms with Gasteiger partial charge in [-0.3, -0.25) is 9.59 Å². The number of hydrogen-bond acceptors (Lipinski definition) is 6. The molecule has 0 unspecified atom stereocenters. The van der Waals surface area contributed by atoms with Gasteiger partial charge < -0.3 is 24.8 Å². The first-order valence-corrected chi connectivity index (χ1v) is 18.2. The number of benzene rings is 3. The lowest BCUT2D eigenvalue weighted by molar-refractivity contribution is -0.149. The van der Waals surface area contributed by atoms with Crippen LogP contribution in [-0.2, 0) is 30.9 Å². The van der Waals surface area contributed by atoms with Gasteiger partial charge >= 0.3 is 12.1 Å². The summed E-state index contributed by atoms with van der Waals surface area (Å²) in [5.41, 5.74) is 4.08. The number of ether oxygens (including phenoxy) is 3. The molecule has 1 aliphatic heterocycles. The number of alkyl carbamates (subject to hydrolysis) is 1. The van der Waals surface area contributed by atoms with Gasteiger partial charge in [-0.2, -0.15) is 0 Å². The highest BCUT2D eigenvalue weighted by Crippen LogP contribution is 2.45. The van der Waals surface area contributed by atoms with Gasteiger partial charge in [0.25, 0.3) is 0 Å². The summed E-state index contributed by atoms with van der Waals surface area (Å²) in [5, 5.41) is 5.80. The summed E-state index contributed by atoms with van der Waals surface area (Å²) in [6.45, 7) is 11.5. The van der Waals surface area contributed by atoms with Crippen LogP contribution in [0.15, 0.2) is 66.7 Å². The van der Waals surface area contributed by atoms with Crippen molar-refractivity contribution in [3.05, 3.63) is 89.0 Å². The summed E-state index contributed by atoms with van der Waals surface area (Å²) >= 11 is 0. The third kappa shape index (κ3) is 10.3. The largest absolute Gasteiger partial charge is 0.461 e. The lowest BCUT2D eigenvalue weighted by Crippen LogP contribution is -2.37. The average molecular weight is 683 g/mol. The van der Waals surface area contributed by atoms with Gasteiger partial charge in [0.2, 0.25) is 5.91 Å². The fraction of sp³-hybridized carbons (Fsp3) is 0.500. The quantitative estimate of drug-likeness (QED) is 0.195. The number of amides is 2. The number of fused-ring (bicyclic) bond motifs is 2. The molecule has 0 saturated heterocycles. The first-order valence-electron chi connectivity index (χ1n) is 18.2. The molecule has 0 bridgehead atoms. The molecule has 0 aromatic heterocycles. The van der Waals surface area contributed by atoms with E-state index in [9.17, 15) is 14.4 Å². The number of esters is 1. The van der Waals surface area contributed by atoms with Crippen LogP contribution < -0.4 is 15.4 Å². The summed E-state index contributed by atoms with van der Waals surface area (Å²) in [6.07, 6.45) is 7.43. The molecule has 2 aliphatic rings. The molecule has 50 heavy (non-hydrogen) atoms. The molecule has 0 spiro atoms. The van der Waals surface area contributed by atoms with Gasteiger partial charge in [-0.15, -0.1) is 0 Å². The third-order valence-electron chi connectivity index (χ3n) is 9.51. The van der Waals surface area contributed by atoms with E-state index in [0.29, 0.717) is 18.8 Å². The van der Waals surface area contributed by atoms with E-state index in [1.165, 1.54) is 19.3 Å². The Labute approximate surface area is 297 Å². The molecule has 8 nitrogen and oxygen atoms in total. The lowest BCUT2D eigenvalue weighted by atomic mass is 9.83. The number of aryl methyl sites for hydroxylation is 1. The Hall–Kier alpha value is -4.33. The summed E-state index contributed by atoms with van der Waals surface area (Å²) in [6, 6.07) is 22.1. The van der Waals surface area contributed by atoms with Crippen LogP contribution in [0, 0.1) is 5.92 Å². The molecule has 1 fully saturated rings. The Morgan fingerprint density at radius 3 is 2.12 bits per heavy atom. The van der Waals surface area contributed by atoms with Crippen LogP contribution in [0.5, 0.6) is 11.5 Å². The predicted octanol–water partition coefficient (Wildman–Crippen LogP) is 9.59. The highest BCUT2D eigenvalue weighted by atomic mass is 16.6. The van der Waals surface area contributed by atoms with E-state index in [2.05, 4.69) is 49.6 Å². The topological polar surface area (TPSA) is 103 Å². The molecule has 0 radical (unpaired) electrons. The van der Waals surface area contributed by atoms with E-state index in [1.807, 2.05) is 48.5 Å². The maximum atomic E-state index is 13.8. The van der Waals surface area contributed by atoms with Gasteiger partial charge in [0.1, 0.15) is 29.7 Å². The average Bonchev–Trinajstić information content (AvgIpc) is 3.05. The second-order valence-electron chi connectivity index (χ2n) is 15.9. The zero-order valence-corrected chi connectivity index (χ0v) is 30.6. The van der Waals surface area contributed by atoms with Gasteiger partial charge in [-0.05, 0) is 80.7 Å². The number of nitrogens with one attached hydrogen (secondary N) is 2. The van der Waals surface area contributed by atoms with E-state index in [-0.39, 0.29) is 36.3 Å². The van der Waals surface area contributed by atoms with E-state index in [4.69, 9.17) is 14.2 Å². The van der Waals surface area contributed by atoms with Gasteiger partial charge in [0.05, 0.1) is 0 Å². The Kier molecular flexibility index (Phi) is 11.9. The summed E-state index contributed by atoms with van der Waals surface area (Å²) in [7, 11) is 0. The number of anilines is 1. The van der Waals surface area contributed by atoms with Gasteiger partial charge in [0.15, 0.2) is 0 Å². The Morgan fingerprint density at radius 1 is 0.860 bits per heavy atom. The van der Waals surface area contributed by atoms with Crippen molar-refractivity contribution in [1.29, 1.82) is 0 Å². The molecule has 1 heterocycles. The normalized spacial score (nSPS) is 15.6. The minimum absolute atomic E-state index is 0.0641. The molecule has 2 amide bonds. The second-order valence-corrected chi connectivity index (χ2v) is 15.9. The molecule has 8 heteroatoms. The van der Waals surface area contributed by atoms with Gasteiger partial charge in [-0.1, -0.05) is 101 Å². The zero-order valence-electron chi connectivity index (χ0n) is 30.6. The van der Waals surface area contributed by atoms with Crippen LogP contribution in [0.1, 0.15) is 121 Å². The number of para-hydroxylation sites is 2. The van der Waals surface area contributed by atoms with Crippen LogP contribution in [-0.4, -0.2) is 36.2 Å². The number of hydrogen-bond donors (Lipinski definition) is 2. The van der Waals surface area contributed by atoms with Crippen molar-refractivity contribution in [3.8, 4) is 11.5 Å². The molecule has 1 saturated carbocycles. The Bertz CT molecular complexity index is 1600. The van der Waals surface area contributed by atoms with Crippen molar-refractivity contribution >= 4 is 23.7 Å². The summed E-state index contributed by atoms with van der Waals surface area (Å²) in [5.74, 6) is 1.42. The summed E-state index contributed by atoms with van der Waals surface area (Å²) in [4.78, 5) is 38.8. The fourth-order valence-corrected chi connectivity index (χ4v) is 7.15. The van der Waals surface area contributed by atoms with Crippen LogP contribution >= 0.6 is 0 Å².